The van der Waals surface area contributed by atoms with Crippen LogP contribution in [0.25, 0.3) is 10.1 Å². The molecule has 4 heteroatoms. The van der Waals surface area contributed by atoms with E-state index in [1.165, 1.54) is 15.6 Å². The molecule has 0 radical (unpaired) electrons. The molecular weight excluding hydrogens is 246 g/mol. The minimum absolute atomic E-state index is 0.00306. The first-order chi connectivity index (χ1) is 8.84. The molecule has 3 rings (SSSR count). The molecule has 1 fully saturated rings. The molecule has 0 aliphatic carbocycles. The van der Waals surface area contributed by atoms with Gasteiger partial charge in [0.25, 0.3) is 0 Å². The van der Waals surface area contributed by atoms with E-state index in [2.05, 4.69) is 29.6 Å². The molecule has 0 spiro atoms. The highest BCUT2D eigenvalue weighted by Gasteiger charge is 2.22. The maximum Gasteiger partial charge on any atom is 0.0963 e. The van der Waals surface area contributed by atoms with Gasteiger partial charge in [0.2, 0.25) is 0 Å². The van der Waals surface area contributed by atoms with E-state index in [4.69, 9.17) is 15.2 Å². The Morgan fingerprint density at radius 2 is 2.22 bits per heavy atom. The molecule has 96 valence electrons. The smallest absolute Gasteiger partial charge is 0.0963 e. The number of ether oxygens (including phenoxy) is 2. The maximum absolute atomic E-state index is 6.23. The minimum atomic E-state index is 0.00306. The van der Waals surface area contributed by atoms with Gasteiger partial charge in [0, 0.05) is 10.7 Å². The van der Waals surface area contributed by atoms with Crippen LogP contribution in [0.2, 0.25) is 0 Å². The van der Waals surface area contributed by atoms with Crippen LogP contribution in [0, 0.1) is 0 Å². The van der Waals surface area contributed by atoms with Crippen molar-refractivity contribution in [2.24, 2.45) is 5.73 Å². The van der Waals surface area contributed by atoms with Crippen LogP contribution < -0.4 is 5.73 Å². The average Bonchev–Trinajstić information content (AvgIpc) is 2.83. The van der Waals surface area contributed by atoms with E-state index >= 15 is 0 Å². The summed E-state index contributed by atoms with van der Waals surface area (Å²) in [6.07, 6.45) is 0.871. The number of fused-ring (bicyclic) bond motifs is 1. The van der Waals surface area contributed by atoms with E-state index in [1.54, 1.807) is 11.3 Å². The normalized spacial score (nSPS) is 22.2. The number of benzene rings is 1. The molecule has 1 aromatic carbocycles. The van der Waals surface area contributed by atoms with Crippen LogP contribution in [0.4, 0.5) is 0 Å². The summed E-state index contributed by atoms with van der Waals surface area (Å²) < 4.78 is 12.4. The largest absolute Gasteiger partial charge is 0.376 e. The summed E-state index contributed by atoms with van der Waals surface area (Å²) in [5.41, 5.74) is 7.55. The lowest BCUT2D eigenvalue weighted by Crippen LogP contribution is -2.44. The number of hydrogen-bond donors (Lipinski definition) is 1. The predicted octanol–water partition coefficient (Wildman–Crippen LogP) is 2.19. The van der Waals surface area contributed by atoms with Crippen LogP contribution in [0.1, 0.15) is 5.56 Å². The zero-order valence-corrected chi connectivity index (χ0v) is 11.0. The van der Waals surface area contributed by atoms with E-state index in [-0.39, 0.29) is 12.1 Å². The molecule has 1 aliphatic rings. The summed E-state index contributed by atoms with van der Waals surface area (Å²) >= 11 is 1.77. The van der Waals surface area contributed by atoms with Gasteiger partial charge in [0.05, 0.1) is 25.9 Å². The zero-order valence-electron chi connectivity index (χ0n) is 10.2. The highest BCUT2D eigenvalue weighted by atomic mass is 32.1. The highest BCUT2D eigenvalue weighted by molar-refractivity contribution is 7.17. The summed E-state index contributed by atoms with van der Waals surface area (Å²) in [5.74, 6) is 0. The lowest BCUT2D eigenvalue weighted by atomic mass is 10.0. The molecule has 1 aromatic heterocycles. The van der Waals surface area contributed by atoms with E-state index in [1.807, 2.05) is 0 Å². The Morgan fingerprint density at radius 1 is 1.33 bits per heavy atom. The predicted molar refractivity (Wildman–Crippen MR) is 74.1 cm³/mol. The standard InChI is InChI=1S/C14H17NO2S/c15-12(13-8-16-5-6-17-13)7-10-9-18-14-4-2-1-3-11(10)14/h1-4,9,12-13H,5-8,15H2. The van der Waals surface area contributed by atoms with Crippen molar-refractivity contribution >= 4 is 21.4 Å². The van der Waals surface area contributed by atoms with E-state index in [0.29, 0.717) is 19.8 Å². The summed E-state index contributed by atoms with van der Waals surface area (Å²) in [5, 5.41) is 3.52. The van der Waals surface area contributed by atoms with Crippen molar-refractivity contribution in [2.45, 2.75) is 18.6 Å². The molecule has 0 saturated carbocycles. The van der Waals surface area contributed by atoms with E-state index < -0.39 is 0 Å². The van der Waals surface area contributed by atoms with Gasteiger partial charge in [0.1, 0.15) is 0 Å². The van der Waals surface area contributed by atoms with Gasteiger partial charge >= 0.3 is 0 Å². The van der Waals surface area contributed by atoms with Gasteiger partial charge in [-0.1, -0.05) is 18.2 Å². The third-order valence-electron chi connectivity index (χ3n) is 3.34. The molecular formula is C14H17NO2S. The second kappa shape index (κ2) is 5.36. The summed E-state index contributed by atoms with van der Waals surface area (Å²) in [6.45, 7) is 1.95. The molecule has 3 nitrogen and oxygen atoms in total. The topological polar surface area (TPSA) is 44.5 Å². The van der Waals surface area contributed by atoms with Crippen molar-refractivity contribution in [3.63, 3.8) is 0 Å². The first kappa shape index (κ1) is 12.1. The number of rotatable bonds is 3. The molecule has 2 N–H and O–H groups in total. The third-order valence-corrected chi connectivity index (χ3v) is 4.35. The van der Waals surface area contributed by atoms with Crippen molar-refractivity contribution in [1.82, 2.24) is 0 Å². The molecule has 18 heavy (non-hydrogen) atoms. The monoisotopic (exact) mass is 263 g/mol. The lowest BCUT2D eigenvalue weighted by molar-refractivity contribution is -0.0967. The first-order valence-corrected chi connectivity index (χ1v) is 7.12. The first-order valence-electron chi connectivity index (χ1n) is 6.24. The lowest BCUT2D eigenvalue weighted by Gasteiger charge is -2.27. The number of hydrogen-bond acceptors (Lipinski definition) is 4. The van der Waals surface area contributed by atoms with Gasteiger partial charge in [0.15, 0.2) is 0 Å². The van der Waals surface area contributed by atoms with Gasteiger partial charge in [-0.3, -0.25) is 0 Å². The van der Waals surface area contributed by atoms with E-state index in [9.17, 15) is 0 Å². The van der Waals surface area contributed by atoms with Gasteiger partial charge in [-0.25, -0.2) is 0 Å². The maximum atomic E-state index is 6.23. The fraction of sp³-hybridized carbons (Fsp3) is 0.429. The Hall–Kier alpha value is -0.940. The number of nitrogens with two attached hydrogens (primary N) is 1. The van der Waals surface area contributed by atoms with Crippen LogP contribution in [0.5, 0.6) is 0 Å². The Balaban J connectivity index is 1.75. The van der Waals surface area contributed by atoms with Gasteiger partial charge in [-0.15, -0.1) is 11.3 Å². The molecule has 2 heterocycles. The fourth-order valence-electron chi connectivity index (χ4n) is 2.33. The Bertz CT molecular complexity index is 519. The molecule has 2 atom stereocenters. The average molecular weight is 263 g/mol. The quantitative estimate of drug-likeness (QED) is 0.923. The van der Waals surface area contributed by atoms with Crippen molar-refractivity contribution in [1.29, 1.82) is 0 Å². The molecule has 2 unspecified atom stereocenters. The third kappa shape index (κ3) is 2.42. The Labute approximate surface area is 111 Å². The van der Waals surface area contributed by atoms with Gasteiger partial charge in [-0.05, 0) is 28.8 Å². The second-order valence-electron chi connectivity index (χ2n) is 4.61. The van der Waals surface area contributed by atoms with Gasteiger partial charge in [-0.2, -0.15) is 0 Å². The van der Waals surface area contributed by atoms with Crippen molar-refractivity contribution in [2.75, 3.05) is 19.8 Å². The van der Waals surface area contributed by atoms with Crippen LogP contribution in [-0.4, -0.2) is 32.0 Å². The fourth-order valence-corrected chi connectivity index (χ4v) is 3.31. The van der Waals surface area contributed by atoms with Crippen molar-refractivity contribution in [3.05, 3.63) is 35.2 Å². The summed E-state index contributed by atoms with van der Waals surface area (Å²) in [6, 6.07) is 8.45. The second-order valence-corrected chi connectivity index (χ2v) is 5.52. The van der Waals surface area contributed by atoms with Crippen LogP contribution in [0.3, 0.4) is 0 Å². The van der Waals surface area contributed by atoms with Crippen molar-refractivity contribution in [3.8, 4) is 0 Å². The van der Waals surface area contributed by atoms with E-state index in [0.717, 1.165) is 6.42 Å². The minimum Gasteiger partial charge on any atom is -0.376 e. The van der Waals surface area contributed by atoms with Crippen LogP contribution in [-0.2, 0) is 15.9 Å². The molecule has 1 saturated heterocycles. The van der Waals surface area contributed by atoms with Gasteiger partial charge < -0.3 is 15.2 Å². The molecule has 1 aliphatic heterocycles. The molecule has 0 amide bonds. The summed E-state index contributed by atoms with van der Waals surface area (Å²) in [7, 11) is 0. The highest BCUT2D eigenvalue weighted by Crippen LogP contribution is 2.27. The Kier molecular flexibility index (Phi) is 3.61. The van der Waals surface area contributed by atoms with Crippen LogP contribution >= 0.6 is 11.3 Å². The van der Waals surface area contributed by atoms with Crippen LogP contribution in [0.15, 0.2) is 29.6 Å². The SMILES string of the molecule is NC(Cc1csc2ccccc12)C1COCCO1. The van der Waals surface area contributed by atoms with Crippen molar-refractivity contribution < 1.29 is 9.47 Å². The molecule has 0 bridgehead atoms. The number of thiophene rings is 1. The molecule has 2 aromatic rings. The zero-order chi connectivity index (χ0) is 12.4. The summed E-state index contributed by atoms with van der Waals surface area (Å²) in [4.78, 5) is 0. The Morgan fingerprint density at radius 3 is 3.06 bits per heavy atom.